The van der Waals surface area contributed by atoms with Crippen LogP contribution in [0, 0.1) is 0 Å². The minimum atomic E-state index is -0.175. The van der Waals surface area contributed by atoms with E-state index in [1.54, 1.807) is 6.07 Å². The van der Waals surface area contributed by atoms with Crippen molar-refractivity contribution in [2.75, 3.05) is 12.4 Å². The Labute approximate surface area is 74.9 Å². The van der Waals surface area contributed by atoms with E-state index in [9.17, 15) is 4.79 Å². The molecule has 0 atom stereocenters. The second kappa shape index (κ2) is 4.66. The van der Waals surface area contributed by atoms with Crippen LogP contribution in [0.25, 0.3) is 0 Å². The van der Waals surface area contributed by atoms with Gasteiger partial charge in [-0.2, -0.15) is 10.2 Å². The number of rotatable bonds is 3. The topological polar surface area (TPSA) is 54.9 Å². The molecule has 1 aromatic heterocycles. The van der Waals surface area contributed by atoms with E-state index in [1.807, 2.05) is 0 Å². The summed E-state index contributed by atoms with van der Waals surface area (Å²) in [7, 11) is 0. The molecule has 1 heterocycles. The van der Waals surface area contributed by atoms with Crippen LogP contribution >= 0.6 is 11.6 Å². The minimum Gasteiger partial charge on any atom is -0.351 e. The molecule has 5 heteroatoms. The molecule has 1 aromatic rings. The number of alkyl halides is 1. The van der Waals surface area contributed by atoms with Crippen LogP contribution in [0.4, 0.5) is 0 Å². The van der Waals surface area contributed by atoms with Crippen LogP contribution in [0.1, 0.15) is 10.4 Å². The molecule has 0 aliphatic heterocycles. The molecular formula is C7H8ClN3O. The number of hydrogen-bond acceptors (Lipinski definition) is 3. The average molecular weight is 186 g/mol. The molecule has 0 bridgehead atoms. The summed E-state index contributed by atoms with van der Waals surface area (Å²) in [6.07, 6.45) is 2.87. The molecule has 4 nitrogen and oxygen atoms in total. The first-order valence-electron chi connectivity index (χ1n) is 3.45. The van der Waals surface area contributed by atoms with Crippen LogP contribution in [-0.4, -0.2) is 28.5 Å². The summed E-state index contributed by atoms with van der Waals surface area (Å²) >= 11 is 5.39. The molecule has 0 fully saturated rings. The lowest BCUT2D eigenvalue weighted by atomic mass is 10.3. The Morgan fingerprint density at radius 3 is 3.00 bits per heavy atom. The third-order valence-electron chi connectivity index (χ3n) is 1.23. The van der Waals surface area contributed by atoms with E-state index in [2.05, 4.69) is 15.5 Å². The van der Waals surface area contributed by atoms with Crippen molar-refractivity contribution in [2.24, 2.45) is 0 Å². The SMILES string of the molecule is O=C(NCCCl)c1ccnnc1. The maximum atomic E-state index is 11.2. The molecule has 64 valence electrons. The van der Waals surface area contributed by atoms with Crippen molar-refractivity contribution in [3.8, 4) is 0 Å². The first kappa shape index (κ1) is 8.93. The van der Waals surface area contributed by atoms with Gasteiger partial charge >= 0.3 is 0 Å². The largest absolute Gasteiger partial charge is 0.351 e. The summed E-state index contributed by atoms with van der Waals surface area (Å²) in [6, 6.07) is 1.59. The van der Waals surface area contributed by atoms with Gasteiger partial charge in [0.1, 0.15) is 0 Å². The molecule has 1 amide bonds. The fourth-order valence-electron chi connectivity index (χ4n) is 0.688. The van der Waals surface area contributed by atoms with Crippen molar-refractivity contribution in [3.05, 3.63) is 24.0 Å². The van der Waals surface area contributed by atoms with Crippen molar-refractivity contribution in [3.63, 3.8) is 0 Å². The molecule has 0 spiro atoms. The normalized spacial score (nSPS) is 9.42. The van der Waals surface area contributed by atoms with Gasteiger partial charge in [-0.3, -0.25) is 4.79 Å². The molecule has 1 N–H and O–H groups in total. The van der Waals surface area contributed by atoms with Gasteiger partial charge in [-0.05, 0) is 6.07 Å². The molecule has 0 unspecified atom stereocenters. The highest BCUT2D eigenvalue weighted by Crippen LogP contribution is 1.92. The van der Waals surface area contributed by atoms with Crippen LogP contribution in [0.15, 0.2) is 18.5 Å². The lowest BCUT2D eigenvalue weighted by Crippen LogP contribution is -2.25. The van der Waals surface area contributed by atoms with Crippen LogP contribution in [0.5, 0.6) is 0 Å². The minimum absolute atomic E-state index is 0.175. The number of hydrogen-bond donors (Lipinski definition) is 1. The van der Waals surface area contributed by atoms with Gasteiger partial charge in [-0.25, -0.2) is 0 Å². The van der Waals surface area contributed by atoms with Crippen LogP contribution in [0.2, 0.25) is 0 Å². The highest BCUT2D eigenvalue weighted by atomic mass is 35.5. The molecular weight excluding hydrogens is 178 g/mol. The van der Waals surface area contributed by atoms with Gasteiger partial charge in [0.2, 0.25) is 0 Å². The van der Waals surface area contributed by atoms with Gasteiger partial charge < -0.3 is 5.32 Å². The van der Waals surface area contributed by atoms with Crippen molar-refractivity contribution in [2.45, 2.75) is 0 Å². The molecule has 0 radical (unpaired) electrons. The van der Waals surface area contributed by atoms with Crippen molar-refractivity contribution >= 4 is 17.5 Å². The van der Waals surface area contributed by atoms with E-state index in [0.717, 1.165) is 0 Å². The monoisotopic (exact) mass is 185 g/mol. The van der Waals surface area contributed by atoms with Gasteiger partial charge in [0.15, 0.2) is 0 Å². The number of aromatic nitrogens is 2. The Morgan fingerprint density at radius 1 is 1.58 bits per heavy atom. The number of carbonyl (C=O) groups is 1. The van der Waals surface area contributed by atoms with Gasteiger partial charge in [0.05, 0.1) is 18.0 Å². The summed E-state index contributed by atoms with van der Waals surface area (Å²) in [5, 5.41) is 9.73. The lowest BCUT2D eigenvalue weighted by molar-refractivity contribution is 0.0955. The number of halogens is 1. The molecule has 0 aliphatic rings. The summed E-state index contributed by atoms with van der Waals surface area (Å²) in [6.45, 7) is 0.461. The maximum absolute atomic E-state index is 11.2. The van der Waals surface area contributed by atoms with E-state index in [0.29, 0.717) is 18.0 Å². The summed E-state index contributed by atoms with van der Waals surface area (Å²) in [5.74, 6) is 0.232. The van der Waals surface area contributed by atoms with Crippen LogP contribution < -0.4 is 5.32 Å². The molecule has 0 aromatic carbocycles. The number of nitrogens with one attached hydrogen (secondary N) is 1. The maximum Gasteiger partial charge on any atom is 0.253 e. The van der Waals surface area contributed by atoms with Crippen LogP contribution in [0.3, 0.4) is 0 Å². The zero-order chi connectivity index (χ0) is 8.81. The first-order valence-corrected chi connectivity index (χ1v) is 3.99. The fourth-order valence-corrected chi connectivity index (χ4v) is 0.782. The quantitative estimate of drug-likeness (QED) is 0.696. The molecule has 0 saturated heterocycles. The Kier molecular flexibility index (Phi) is 3.47. The molecule has 12 heavy (non-hydrogen) atoms. The summed E-state index contributed by atoms with van der Waals surface area (Å²) in [4.78, 5) is 11.2. The van der Waals surface area contributed by atoms with E-state index in [4.69, 9.17) is 11.6 Å². The number of amides is 1. The summed E-state index contributed by atoms with van der Waals surface area (Å²) in [5.41, 5.74) is 0.495. The van der Waals surface area contributed by atoms with Gasteiger partial charge in [0.25, 0.3) is 5.91 Å². The predicted octanol–water partition coefficient (Wildman–Crippen LogP) is 0.445. The van der Waals surface area contributed by atoms with Crippen LogP contribution in [-0.2, 0) is 0 Å². The molecule has 0 aliphatic carbocycles. The Bertz CT molecular complexity index is 252. The first-order chi connectivity index (χ1) is 5.84. The number of carbonyl (C=O) groups excluding carboxylic acids is 1. The zero-order valence-electron chi connectivity index (χ0n) is 6.33. The molecule has 1 rings (SSSR count). The van der Waals surface area contributed by atoms with Crippen molar-refractivity contribution in [1.82, 2.24) is 15.5 Å². The fraction of sp³-hybridized carbons (Fsp3) is 0.286. The van der Waals surface area contributed by atoms with E-state index in [-0.39, 0.29) is 5.91 Å². The Hall–Kier alpha value is -1.16. The van der Waals surface area contributed by atoms with Crippen molar-refractivity contribution in [1.29, 1.82) is 0 Å². The third-order valence-corrected chi connectivity index (χ3v) is 1.42. The molecule has 0 saturated carbocycles. The smallest absolute Gasteiger partial charge is 0.253 e. The second-order valence-electron chi connectivity index (χ2n) is 2.08. The van der Waals surface area contributed by atoms with Gasteiger partial charge in [-0.1, -0.05) is 0 Å². The Morgan fingerprint density at radius 2 is 2.42 bits per heavy atom. The van der Waals surface area contributed by atoms with Gasteiger partial charge in [0, 0.05) is 12.4 Å². The highest BCUT2D eigenvalue weighted by molar-refractivity contribution is 6.18. The standard InChI is InChI=1S/C7H8ClN3O/c8-2-4-9-7(12)6-1-3-10-11-5-6/h1,3,5H,2,4H2,(H,9,12). The Balaban J connectivity index is 2.54. The number of nitrogens with zero attached hydrogens (tertiary/aromatic N) is 2. The van der Waals surface area contributed by atoms with Gasteiger partial charge in [-0.15, -0.1) is 11.6 Å². The van der Waals surface area contributed by atoms with E-state index in [1.165, 1.54) is 12.4 Å². The lowest BCUT2D eigenvalue weighted by Gasteiger charge is -2.00. The van der Waals surface area contributed by atoms with E-state index >= 15 is 0 Å². The van der Waals surface area contributed by atoms with E-state index < -0.39 is 0 Å². The zero-order valence-corrected chi connectivity index (χ0v) is 7.08. The second-order valence-corrected chi connectivity index (χ2v) is 2.45. The average Bonchev–Trinajstić information content (AvgIpc) is 2.15. The van der Waals surface area contributed by atoms with Crippen molar-refractivity contribution < 1.29 is 4.79 Å². The summed E-state index contributed by atoms with van der Waals surface area (Å²) < 4.78 is 0. The highest BCUT2D eigenvalue weighted by Gasteiger charge is 2.02. The third kappa shape index (κ3) is 2.47. The predicted molar refractivity (Wildman–Crippen MR) is 45.1 cm³/mol.